The van der Waals surface area contributed by atoms with Crippen LogP contribution in [0.4, 0.5) is 14.5 Å². The number of halogens is 2. The first-order chi connectivity index (χ1) is 14.6. The first-order valence-electron chi connectivity index (χ1n) is 10.6. The third kappa shape index (κ3) is 4.01. The molecule has 0 bridgehead atoms. The van der Waals surface area contributed by atoms with Crippen molar-refractivity contribution < 1.29 is 17.8 Å². The Morgan fingerprint density at radius 1 is 1.19 bits per heavy atom. The van der Waals surface area contributed by atoms with E-state index >= 15 is 0 Å². The van der Waals surface area contributed by atoms with Gasteiger partial charge in [0.05, 0.1) is 10.9 Å². The molecule has 2 unspecified atom stereocenters. The van der Waals surface area contributed by atoms with Crippen LogP contribution in [0.2, 0.25) is 0 Å². The molecule has 9 heteroatoms. The molecular formula is C22H28F2N4O2S. The van der Waals surface area contributed by atoms with Crippen LogP contribution in [0.25, 0.3) is 0 Å². The number of hydrogen-bond acceptors (Lipinski definition) is 3. The summed E-state index contributed by atoms with van der Waals surface area (Å²) in [6.45, 7) is 4.20. The molecule has 1 aliphatic heterocycles. The monoisotopic (exact) mass is 450 g/mol. The largest absolute Gasteiger partial charge is 0.345 e. The fraction of sp³-hybridized carbons (Fsp3) is 0.500. The van der Waals surface area contributed by atoms with Crippen molar-refractivity contribution in [3.05, 3.63) is 47.3 Å². The van der Waals surface area contributed by atoms with Crippen LogP contribution in [0, 0.1) is 17.6 Å². The van der Waals surface area contributed by atoms with Crippen molar-refractivity contribution in [2.75, 3.05) is 12.4 Å². The molecule has 2 aliphatic rings. The van der Waals surface area contributed by atoms with Crippen LogP contribution in [0.15, 0.2) is 33.7 Å². The second-order valence-corrected chi connectivity index (χ2v) is 11.0. The van der Waals surface area contributed by atoms with Crippen molar-refractivity contribution in [3.8, 4) is 0 Å². The molecule has 0 radical (unpaired) electrons. The Hall–Kier alpha value is -2.26. The minimum absolute atomic E-state index is 0.0646. The molecule has 6 nitrogen and oxygen atoms in total. The third-order valence-corrected chi connectivity index (χ3v) is 8.64. The van der Waals surface area contributed by atoms with E-state index in [1.165, 1.54) is 6.07 Å². The molecule has 168 valence electrons. The molecule has 1 amide bonds. The lowest BCUT2D eigenvalue weighted by Crippen LogP contribution is -2.39. The van der Waals surface area contributed by atoms with Crippen LogP contribution in [0.3, 0.4) is 0 Å². The van der Waals surface area contributed by atoms with Gasteiger partial charge in [-0.25, -0.2) is 21.7 Å². The number of aromatic nitrogens is 1. The summed E-state index contributed by atoms with van der Waals surface area (Å²) in [6.07, 6.45) is 4.93. The fourth-order valence-corrected chi connectivity index (χ4v) is 6.98. The predicted octanol–water partition coefficient (Wildman–Crippen LogP) is 4.36. The number of nitrogens with zero attached hydrogens (tertiary/aromatic N) is 3. The van der Waals surface area contributed by atoms with E-state index in [2.05, 4.69) is 19.2 Å². The SMILES string of the molecule is CC(C)C1CCc2c(cn(C)c2C(=O)Nc2ccc(F)c(F)c2)S(=O)(=NC2CC2)N1C. The second kappa shape index (κ2) is 8.02. The molecule has 2 aromatic rings. The van der Waals surface area contributed by atoms with Gasteiger partial charge in [-0.15, -0.1) is 0 Å². The van der Waals surface area contributed by atoms with Gasteiger partial charge < -0.3 is 9.88 Å². The number of nitrogens with one attached hydrogen (secondary N) is 1. The smallest absolute Gasteiger partial charge is 0.272 e. The van der Waals surface area contributed by atoms with Gasteiger partial charge in [0.25, 0.3) is 5.91 Å². The summed E-state index contributed by atoms with van der Waals surface area (Å²) in [5.74, 6) is -2.18. The predicted molar refractivity (Wildman–Crippen MR) is 116 cm³/mol. The van der Waals surface area contributed by atoms with Crippen LogP contribution >= 0.6 is 0 Å². The molecule has 2 atom stereocenters. The molecule has 1 N–H and O–H groups in total. The van der Waals surface area contributed by atoms with E-state index in [1.807, 2.05) is 11.4 Å². The van der Waals surface area contributed by atoms with Gasteiger partial charge in [0.2, 0.25) is 0 Å². The number of carbonyl (C=O) groups is 1. The first-order valence-corrected chi connectivity index (χ1v) is 12.0. The van der Waals surface area contributed by atoms with Gasteiger partial charge in [-0.3, -0.25) is 4.79 Å². The molecule has 1 aromatic heterocycles. The Labute approximate surface area is 181 Å². The first kappa shape index (κ1) is 22.0. The van der Waals surface area contributed by atoms with Crippen LogP contribution in [0.5, 0.6) is 0 Å². The second-order valence-electron chi connectivity index (χ2n) is 8.74. The van der Waals surface area contributed by atoms with Crippen molar-refractivity contribution in [3.63, 3.8) is 0 Å². The lowest BCUT2D eigenvalue weighted by molar-refractivity contribution is 0.101. The van der Waals surface area contributed by atoms with Crippen molar-refractivity contribution >= 4 is 21.5 Å². The van der Waals surface area contributed by atoms with Gasteiger partial charge in [-0.05, 0) is 43.7 Å². The molecule has 1 saturated carbocycles. The number of hydrogen-bond donors (Lipinski definition) is 1. The van der Waals surface area contributed by atoms with Gasteiger partial charge in [0.1, 0.15) is 15.6 Å². The Morgan fingerprint density at radius 2 is 1.90 bits per heavy atom. The zero-order chi connectivity index (χ0) is 22.5. The van der Waals surface area contributed by atoms with E-state index < -0.39 is 27.5 Å². The topological polar surface area (TPSA) is 66.7 Å². The normalized spacial score (nSPS) is 24.0. The van der Waals surface area contributed by atoms with Gasteiger partial charge in [0, 0.05) is 43.7 Å². The number of amides is 1. The molecule has 1 fully saturated rings. The highest BCUT2D eigenvalue weighted by Gasteiger charge is 2.38. The zero-order valence-electron chi connectivity index (χ0n) is 18.2. The van der Waals surface area contributed by atoms with Crippen molar-refractivity contribution in [1.29, 1.82) is 0 Å². The van der Waals surface area contributed by atoms with Crippen molar-refractivity contribution in [2.24, 2.45) is 17.3 Å². The minimum Gasteiger partial charge on any atom is -0.345 e. The summed E-state index contributed by atoms with van der Waals surface area (Å²) in [5.41, 5.74) is 1.25. The number of fused-ring (bicyclic) bond motifs is 1. The zero-order valence-corrected chi connectivity index (χ0v) is 19.0. The summed E-state index contributed by atoms with van der Waals surface area (Å²) in [6, 6.07) is 3.39. The van der Waals surface area contributed by atoms with Crippen molar-refractivity contribution in [1.82, 2.24) is 8.87 Å². The maximum atomic E-state index is 14.3. The Bertz CT molecular complexity index is 1150. The van der Waals surface area contributed by atoms with Gasteiger partial charge >= 0.3 is 0 Å². The summed E-state index contributed by atoms with van der Waals surface area (Å²) in [4.78, 5) is 13.7. The van der Waals surface area contributed by atoms with E-state index in [0.29, 0.717) is 22.6 Å². The summed E-state index contributed by atoms with van der Waals surface area (Å²) in [5, 5.41) is 2.65. The molecular weight excluding hydrogens is 422 g/mol. The lowest BCUT2D eigenvalue weighted by atomic mass is 9.97. The molecule has 0 saturated heterocycles. The van der Waals surface area contributed by atoms with Crippen LogP contribution in [-0.4, -0.2) is 38.1 Å². The van der Waals surface area contributed by atoms with Gasteiger partial charge in [-0.1, -0.05) is 13.8 Å². The standard InChI is InChI=1S/C22H28F2N4O2S/c1-13(2)19-10-8-16-20(31(30,28(19)4)26-14-5-6-14)12-27(3)21(16)22(29)25-15-7-9-17(23)18(24)11-15/h7,9,11-14,19H,5-6,8,10H2,1-4H3,(H,25,29). The van der Waals surface area contributed by atoms with Crippen LogP contribution < -0.4 is 5.32 Å². The Balaban J connectivity index is 1.78. The van der Waals surface area contributed by atoms with E-state index in [0.717, 1.165) is 31.4 Å². The number of benzene rings is 1. The summed E-state index contributed by atoms with van der Waals surface area (Å²) >= 11 is 0. The van der Waals surface area contributed by atoms with Gasteiger partial charge in [0.15, 0.2) is 11.6 Å². The average Bonchev–Trinajstić information content (AvgIpc) is 3.45. The molecule has 2 heterocycles. The third-order valence-electron chi connectivity index (χ3n) is 6.08. The number of aryl methyl sites for hydroxylation is 1. The van der Waals surface area contributed by atoms with Crippen LogP contribution in [0.1, 0.15) is 49.2 Å². The molecule has 1 aliphatic carbocycles. The summed E-state index contributed by atoms with van der Waals surface area (Å²) < 4.78 is 49.4. The average molecular weight is 451 g/mol. The summed E-state index contributed by atoms with van der Waals surface area (Å²) in [7, 11) is 0.723. The molecule has 4 rings (SSSR count). The quantitative estimate of drug-likeness (QED) is 0.752. The van der Waals surface area contributed by atoms with E-state index in [9.17, 15) is 17.8 Å². The minimum atomic E-state index is -2.87. The van der Waals surface area contributed by atoms with Crippen molar-refractivity contribution in [2.45, 2.75) is 56.5 Å². The Kier molecular flexibility index (Phi) is 5.68. The number of rotatable bonds is 4. The van der Waals surface area contributed by atoms with Gasteiger partial charge in [-0.2, -0.15) is 0 Å². The highest BCUT2D eigenvalue weighted by molar-refractivity contribution is 7.91. The number of carbonyl (C=O) groups excluding carboxylic acids is 1. The molecule has 0 spiro atoms. The fourth-order valence-electron chi connectivity index (χ4n) is 4.26. The molecule has 31 heavy (non-hydrogen) atoms. The van der Waals surface area contributed by atoms with Crippen LogP contribution in [-0.2, 0) is 23.4 Å². The maximum Gasteiger partial charge on any atom is 0.272 e. The van der Waals surface area contributed by atoms with E-state index in [1.54, 1.807) is 17.8 Å². The van der Waals surface area contributed by atoms with E-state index in [4.69, 9.17) is 4.36 Å². The number of anilines is 1. The maximum absolute atomic E-state index is 14.3. The molecule has 1 aromatic carbocycles. The highest BCUT2D eigenvalue weighted by Crippen LogP contribution is 2.38. The van der Waals surface area contributed by atoms with E-state index in [-0.39, 0.29) is 23.7 Å². The highest BCUT2D eigenvalue weighted by atomic mass is 32.2. The Morgan fingerprint density at radius 3 is 2.52 bits per heavy atom. The lowest BCUT2D eigenvalue weighted by Gasteiger charge is -2.31.